The lowest BCUT2D eigenvalue weighted by atomic mass is 10.1. The first kappa shape index (κ1) is 13.5. The smallest absolute Gasteiger partial charge is 0.259 e. The van der Waals surface area contributed by atoms with Crippen molar-refractivity contribution in [3.63, 3.8) is 0 Å². The fraction of sp³-hybridized carbons (Fsp3) is 0.200. The van der Waals surface area contributed by atoms with Gasteiger partial charge >= 0.3 is 0 Å². The van der Waals surface area contributed by atoms with Crippen LogP contribution in [0.5, 0.6) is 0 Å². The van der Waals surface area contributed by atoms with E-state index < -0.39 is 0 Å². The lowest BCUT2D eigenvalue weighted by Gasteiger charge is -2.28. The van der Waals surface area contributed by atoms with E-state index in [1.165, 1.54) is 0 Å². The van der Waals surface area contributed by atoms with Gasteiger partial charge in [-0.25, -0.2) is 0 Å². The molecule has 0 unspecified atom stereocenters. The highest BCUT2D eigenvalue weighted by atomic mass is 35.5. The van der Waals surface area contributed by atoms with E-state index >= 15 is 0 Å². The molecule has 0 spiro atoms. The minimum atomic E-state index is -0.0618. The first-order valence-corrected chi connectivity index (χ1v) is 7.68. The zero-order valence-corrected chi connectivity index (χ0v) is 12.5. The number of halogens is 1. The summed E-state index contributed by atoms with van der Waals surface area (Å²) in [4.78, 5) is 19.7. The van der Waals surface area contributed by atoms with Gasteiger partial charge in [-0.15, -0.1) is 11.8 Å². The van der Waals surface area contributed by atoms with Crippen LogP contribution in [0.1, 0.15) is 15.9 Å². The van der Waals surface area contributed by atoms with Gasteiger partial charge in [-0.3, -0.25) is 9.78 Å². The van der Waals surface area contributed by atoms with Crippen molar-refractivity contribution in [1.82, 2.24) is 4.98 Å². The maximum absolute atomic E-state index is 12.7. The van der Waals surface area contributed by atoms with Crippen molar-refractivity contribution in [2.45, 2.75) is 11.8 Å². The summed E-state index contributed by atoms with van der Waals surface area (Å²) in [6, 6.07) is 7.48. The molecule has 0 bridgehead atoms. The molecule has 1 aromatic heterocycles. The third-order valence-corrected chi connectivity index (χ3v) is 4.84. The van der Waals surface area contributed by atoms with Crippen molar-refractivity contribution < 1.29 is 4.79 Å². The SMILES string of the molecule is Cc1cccc(C(=O)N2CCSc3ccncc32)c1Cl. The van der Waals surface area contributed by atoms with Crippen molar-refractivity contribution >= 4 is 35.0 Å². The topological polar surface area (TPSA) is 33.2 Å². The third kappa shape index (κ3) is 2.30. The fourth-order valence-electron chi connectivity index (χ4n) is 2.23. The second-order valence-electron chi connectivity index (χ2n) is 4.59. The van der Waals surface area contributed by atoms with E-state index in [-0.39, 0.29) is 5.91 Å². The Labute approximate surface area is 127 Å². The number of aryl methyl sites for hydroxylation is 1. The van der Waals surface area contributed by atoms with Crippen LogP contribution < -0.4 is 4.90 Å². The first-order chi connectivity index (χ1) is 9.68. The molecule has 1 amide bonds. The predicted octanol–water partition coefficient (Wildman–Crippen LogP) is 3.80. The molecule has 0 fully saturated rings. The van der Waals surface area contributed by atoms with Gasteiger partial charge in [0.1, 0.15) is 0 Å². The number of fused-ring (bicyclic) bond motifs is 1. The monoisotopic (exact) mass is 304 g/mol. The van der Waals surface area contributed by atoms with Crippen LogP contribution in [0.3, 0.4) is 0 Å². The largest absolute Gasteiger partial charge is 0.305 e. The molecule has 2 aromatic rings. The van der Waals surface area contributed by atoms with Crippen LogP contribution in [0.15, 0.2) is 41.6 Å². The van der Waals surface area contributed by atoms with Crippen LogP contribution in [0.2, 0.25) is 5.02 Å². The molecule has 3 nitrogen and oxygen atoms in total. The van der Waals surface area contributed by atoms with Gasteiger partial charge in [-0.05, 0) is 24.6 Å². The van der Waals surface area contributed by atoms with E-state index in [2.05, 4.69) is 4.98 Å². The van der Waals surface area contributed by atoms with Crippen LogP contribution in [-0.4, -0.2) is 23.2 Å². The van der Waals surface area contributed by atoms with Crippen LogP contribution in [-0.2, 0) is 0 Å². The molecule has 0 radical (unpaired) electrons. The highest BCUT2D eigenvalue weighted by Crippen LogP contribution is 2.35. The molecule has 5 heteroatoms. The van der Waals surface area contributed by atoms with Gasteiger partial charge in [-0.1, -0.05) is 23.7 Å². The number of thioether (sulfide) groups is 1. The van der Waals surface area contributed by atoms with E-state index in [1.807, 2.05) is 25.1 Å². The normalized spacial score (nSPS) is 14.0. The number of rotatable bonds is 1. The zero-order chi connectivity index (χ0) is 14.1. The molecule has 20 heavy (non-hydrogen) atoms. The number of benzene rings is 1. The highest BCUT2D eigenvalue weighted by Gasteiger charge is 2.25. The first-order valence-electron chi connectivity index (χ1n) is 6.32. The molecular formula is C15H13ClN2OS. The van der Waals surface area contributed by atoms with Crippen LogP contribution in [0.25, 0.3) is 0 Å². The summed E-state index contributed by atoms with van der Waals surface area (Å²) in [6.45, 7) is 2.58. The standard InChI is InChI=1S/C15H13ClN2OS/c1-10-3-2-4-11(14(10)16)15(19)18-7-8-20-13-5-6-17-9-12(13)18/h2-6,9H,7-8H2,1H3. The lowest BCUT2D eigenvalue weighted by molar-refractivity contribution is 0.0987. The molecule has 0 aliphatic carbocycles. The molecule has 1 aromatic carbocycles. The number of nitrogens with zero attached hydrogens (tertiary/aromatic N) is 2. The number of pyridine rings is 1. The zero-order valence-electron chi connectivity index (χ0n) is 11.0. The summed E-state index contributed by atoms with van der Waals surface area (Å²) in [5, 5.41) is 0.529. The Balaban J connectivity index is 2.02. The average Bonchev–Trinajstić information content (AvgIpc) is 2.49. The van der Waals surface area contributed by atoms with Gasteiger partial charge in [0, 0.05) is 23.4 Å². The molecule has 0 atom stereocenters. The van der Waals surface area contributed by atoms with Crippen molar-refractivity contribution in [3.8, 4) is 0 Å². The van der Waals surface area contributed by atoms with Crippen molar-refractivity contribution in [2.24, 2.45) is 0 Å². The van der Waals surface area contributed by atoms with Crippen LogP contribution >= 0.6 is 23.4 Å². The highest BCUT2D eigenvalue weighted by molar-refractivity contribution is 7.99. The number of anilines is 1. The van der Waals surface area contributed by atoms with E-state index in [1.54, 1.807) is 35.1 Å². The molecule has 1 aliphatic rings. The quantitative estimate of drug-likeness (QED) is 0.803. The van der Waals surface area contributed by atoms with Crippen LogP contribution in [0, 0.1) is 6.92 Å². The number of carbonyl (C=O) groups is 1. The summed E-state index contributed by atoms with van der Waals surface area (Å²) in [6.07, 6.45) is 3.49. The molecule has 0 saturated heterocycles. The summed E-state index contributed by atoms with van der Waals surface area (Å²) in [5.41, 5.74) is 2.33. The molecule has 1 aliphatic heterocycles. The number of amides is 1. The van der Waals surface area contributed by atoms with Gasteiger partial charge < -0.3 is 4.90 Å². The van der Waals surface area contributed by atoms with Gasteiger partial charge in [0.05, 0.1) is 22.5 Å². The van der Waals surface area contributed by atoms with E-state index in [9.17, 15) is 4.79 Å². The summed E-state index contributed by atoms with van der Waals surface area (Å²) < 4.78 is 0. The Morgan fingerprint density at radius 1 is 1.40 bits per heavy atom. The van der Waals surface area contributed by atoms with Crippen molar-refractivity contribution in [3.05, 3.63) is 52.8 Å². The molecule has 3 rings (SSSR count). The minimum absolute atomic E-state index is 0.0618. The number of aromatic nitrogens is 1. The number of hydrogen-bond donors (Lipinski definition) is 0. The minimum Gasteiger partial charge on any atom is -0.305 e. The van der Waals surface area contributed by atoms with E-state index in [0.717, 1.165) is 21.9 Å². The Bertz CT molecular complexity index is 675. The Kier molecular flexibility index (Phi) is 3.68. The molecule has 102 valence electrons. The fourth-order valence-corrected chi connectivity index (χ4v) is 3.40. The predicted molar refractivity (Wildman–Crippen MR) is 82.8 cm³/mol. The maximum atomic E-state index is 12.7. The summed E-state index contributed by atoms with van der Waals surface area (Å²) in [5.74, 6) is 0.819. The summed E-state index contributed by atoms with van der Waals surface area (Å²) >= 11 is 8.01. The van der Waals surface area contributed by atoms with Gasteiger partial charge in [0.25, 0.3) is 5.91 Å². The second-order valence-corrected chi connectivity index (χ2v) is 6.10. The van der Waals surface area contributed by atoms with Gasteiger partial charge in [0.15, 0.2) is 0 Å². The Hall–Kier alpha value is -1.52. The van der Waals surface area contributed by atoms with Gasteiger partial charge in [0.2, 0.25) is 0 Å². The van der Waals surface area contributed by atoms with Crippen molar-refractivity contribution in [2.75, 3.05) is 17.2 Å². The Morgan fingerprint density at radius 3 is 3.10 bits per heavy atom. The van der Waals surface area contributed by atoms with Gasteiger partial charge in [-0.2, -0.15) is 0 Å². The summed E-state index contributed by atoms with van der Waals surface area (Å²) in [7, 11) is 0. The second kappa shape index (κ2) is 5.46. The molecule has 0 N–H and O–H groups in total. The van der Waals surface area contributed by atoms with E-state index in [4.69, 9.17) is 11.6 Å². The number of carbonyl (C=O) groups excluding carboxylic acids is 1. The van der Waals surface area contributed by atoms with Crippen LogP contribution in [0.4, 0.5) is 5.69 Å². The third-order valence-electron chi connectivity index (χ3n) is 3.29. The molecule has 2 heterocycles. The van der Waals surface area contributed by atoms with E-state index in [0.29, 0.717) is 17.1 Å². The van der Waals surface area contributed by atoms with Crippen molar-refractivity contribution in [1.29, 1.82) is 0 Å². The molecular weight excluding hydrogens is 292 g/mol. The molecule has 0 saturated carbocycles. The number of hydrogen-bond acceptors (Lipinski definition) is 3. The average molecular weight is 305 g/mol. The Morgan fingerprint density at radius 2 is 2.25 bits per heavy atom. The lowest BCUT2D eigenvalue weighted by Crippen LogP contribution is -2.35. The maximum Gasteiger partial charge on any atom is 0.259 e.